The Morgan fingerprint density at radius 2 is 1.95 bits per heavy atom. The van der Waals surface area contributed by atoms with Gasteiger partial charge in [-0.05, 0) is 24.3 Å². The van der Waals surface area contributed by atoms with E-state index < -0.39 is 0 Å². The van der Waals surface area contributed by atoms with Crippen LogP contribution in [0.3, 0.4) is 0 Å². The molecule has 19 heavy (non-hydrogen) atoms. The number of rotatable bonds is 2. The van der Waals surface area contributed by atoms with Crippen molar-refractivity contribution in [3.05, 3.63) is 36.3 Å². The standard InChI is InChI=1S/C14H12N2O3/c17-9-14-15-5-4-11(16-14)10-2-3-12-13(8-10)19-7-1-6-18-12/h2-5,8-9H,1,6-7H2. The predicted molar refractivity (Wildman–Crippen MR) is 68.5 cm³/mol. The average Bonchev–Trinajstić information content (AvgIpc) is 2.71. The Hall–Kier alpha value is -2.43. The number of ether oxygens (including phenoxy) is 2. The van der Waals surface area contributed by atoms with Gasteiger partial charge in [-0.3, -0.25) is 4.79 Å². The zero-order chi connectivity index (χ0) is 13.1. The number of benzene rings is 1. The molecule has 1 aliphatic heterocycles. The van der Waals surface area contributed by atoms with E-state index in [9.17, 15) is 4.79 Å². The van der Waals surface area contributed by atoms with Crippen molar-refractivity contribution in [3.8, 4) is 22.8 Å². The van der Waals surface area contributed by atoms with E-state index in [1.165, 1.54) is 0 Å². The minimum Gasteiger partial charge on any atom is -0.490 e. The van der Waals surface area contributed by atoms with Crippen molar-refractivity contribution >= 4 is 6.29 Å². The van der Waals surface area contributed by atoms with Gasteiger partial charge in [0.05, 0.1) is 18.9 Å². The number of hydrogen-bond donors (Lipinski definition) is 0. The van der Waals surface area contributed by atoms with Crippen LogP contribution in [0, 0.1) is 0 Å². The highest BCUT2D eigenvalue weighted by molar-refractivity contribution is 5.71. The third kappa shape index (κ3) is 2.40. The van der Waals surface area contributed by atoms with Crippen LogP contribution in [0.15, 0.2) is 30.5 Å². The molecular formula is C14H12N2O3. The molecule has 1 aromatic carbocycles. The van der Waals surface area contributed by atoms with Crippen molar-refractivity contribution in [2.75, 3.05) is 13.2 Å². The Balaban J connectivity index is 2.01. The molecule has 1 aliphatic rings. The second kappa shape index (κ2) is 5.06. The molecule has 0 amide bonds. The molecule has 0 spiro atoms. The minimum atomic E-state index is 0.171. The normalized spacial score (nSPS) is 13.7. The lowest BCUT2D eigenvalue weighted by molar-refractivity contribution is 0.111. The van der Waals surface area contributed by atoms with E-state index in [0.717, 1.165) is 17.7 Å². The van der Waals surface area contributed by atoms with Gasteiger partial charge >= 0.3 is 0 Å². The molecule has 0 radical (unpaired) electrons. The number of nitrogens with zero attached hydrogens (tertiary/aromatic N) is 2. The van der Waals surface area contributed by atoms with Crippen LogP contribution in [0.2, 0.25) is 0 Å². The molecule has 0 bridgehead atoms. The molecule has 0 aliphatic carbocycles. The van der Waals surface area contributed by atoms with Crippen LogP contribution in [0.1, 0.15) is 17.0 Å². The third-order valence-electron chi connectivity index (χ3n) is 2.82. The van der Waals surface area contributed by atoms with Crippen LogP contribution >= 0.6 is 0 Å². The van der Waals surface area contributed by atoms with Crippen molar-refractivity contribution in [1.82, 2.24) is 9.97 Å². The molecular weight excluding hydrogens is 244 g/mol. The van der Waals surface area contributed by atoms with Crippen LogP contribution in [-0.2, 0) is 0 Å². The van der Waals surface area contributed by atoms with Crippen molar-refractivity contribution in [3.63, 3.8) is 0 Å². The van der Waals surface area contributed by atoms with Crippen LogP contribution in [0.25, 0.3) is 11.3 Å². The number of aromatic nitrogens is 2. The third-order valence-corrected chi connectivity index (χ3v) is 2.82. The molecule has 2 aromatic rings. The van der Waals surface area contributed by atoms with Crippen LogP contribution in [0.4, 0.5) is 0 Å². The van der Waals surface area contributed by atoms with Gasteiger partial charge in [0.1, 0.15) is 0 Å². The summed E-state index contributed by atoms with van der Waals surface area (Å²) >= 11 is 0. The summed E-state index contributed by atoms with van der Waals surface area (Å²) in [5.41, 5.74) is 1.56. The second-order valence-electron chi connectivity index (χ2n) is 4.13. The van der Waals surface area contributed by atoms with Gasteiger partial charge in [0.25, 0.3) is 0 Å². The monoisotopic (exact) mass is 256 g/mol. The maximum absolute atomic E-state index is 10.7. The molecule has 96 valence electrons. The molecule has 1 aromatic heterocycles. The van der Waals surface area contributed by atoms with E-state index in [1.807, 2.05) is 18.2 Å². The number of aldehydes is 1. The van der Waals surface area contributed by atoms with Crippen LogP contribution in [0.5, 0.6) is 11.5 Å². The van der Waals surface area contributed by atoms with Crippen LogP contribution < -0.4 is 9.47 Å². The highest BCUT2D eigenvalue weighted by Gasteiger charge is 2.12. The maximum Gasteiger partial charge on any atom is 0.193 e. The van der Waals surface area contributed by atoms with Gasteiger partial charge in [0, 0.05) is 18.2 Å². The Labute approximate surface area is 110 Å². The fourth-order valence-corrected chi connectivity index (χ4v) is 1.91. The molecule has 0 saturated carbocycles. The largest absolute Gasteiger partial charge is 0.490 e. The number of hydrogen-bond acceptors (Lipinski definition) is 5. The molecule has 3 rings (SSSR count). The summed E-state index contributed by atoms with van der Waals surface area (Å²) in [5.74, 6) is 1.62. The Bertz CT molecular complexity index is 613. The predicted octanol–water partition coefficient (Wildman–Crippen LogP) is 2.12. The van der Waals surface area contributed by atoms with Crippen molar-refractivity contribution in [2.45, 2.75) is 6.42 Å². The van der Waals surface area contributed by atoms with E-state index in [4.69, 9.17) is 9.47 Å². The van der Waals surface area contributed by atoms with E-state index in [0.29, 0.717) is 30.9 Å². The fraction of sp³-hybridized carbons (Fsp3) is 0.214. The molecule has 5 nitrogen and oxygen atoms in total. The van der Waals surface area contributed by atoms with E-state index >= 15 is 0 Å². The molecule has 0 unspecified atom stereocenters. The zero-order valence-corrected chi connectivity index (χ0v) is 10.2. The minimum absolute atomic E-state index is 0.171. The topological polar surface area (TPSA) is 61.3 Å². The van der Waals surface area contributed by atoms with Gasteiger partial charge in [-0.1, -0.05) is 0 Å². The number of carbonyl (C=O) groups is 1. The van der Waals surface area contributed by atoms with Crippen molar-refractivity contribution in [1.29, 1.82) is 0 Å². The van der Waals surface area contributed by atoms with Gasteiger partial charge < -0.3 is 9.47 Å². The number of fused-ring (bicyclic) bond motifs is 1. The van der Waals surface area contributed by atoms with Gasteiger partial charge in [0.15, 0.2) is 23.6 Å². The summed E-state index contributed by atoms with van der Waals surface area (Å²) < 4.78 is 11.2. The van der Waals surface area contributed by atoms with E-state index in [1.54, 1.807) is 12.3 Å². The van der Waals surface area contributed by atoms with Gasteiger partial charge in [-0.2, -0.15) is 0 Å². The SMILES string of the molecule is O=Cc1nccc(-c2ccc3c(c2)OCCCO3)n1. The van der Waals surface area contributed by atoms with E-state index in [-0.39, 0.29) is 5.82 Å². The lowest BCUT2D eigenvalue weighted by Gasteiger charge is -2.09. The Morgan fingerprint density at radius 1 is 1.11 bits per heavy atom. The lowest BCUT2D eigenvalue weighted by Crippen LogP contribution is -1.97. The summed E-state index contributed by atoms with van der Waals surface area (Å²) in [6.45, 7) is 1.30. The fourth-order valence-electron chi connectivity index (χ4n) is 1.91. The van der Waals surface area contributed by atoms with Crippen molar-refractivity contribution < 1.29 is 14.3 Å². The molecule has 2 heterocycles. The van der Waals surface area contributed by atoms with E-state index in [2.05, 4.69) is 9.97 Å². The first-order valence-corrected chi connectivity index (χ1v) is 6.05. The molecule has 5 heteroatoms. The zero-order valence-electron chi connectivity index (χ0n) is 10.2. The quantitative estimate of drug-likeness (QED) is 0.770. The van der Waals surface area contributed by atoms with Gasteiger partial charge in [-0.25, -0.2) is 9.97 Å². The highest BCUT2D eigenvalue weighted by Crippen LogP contribution is 2.33. The first kappa shape index (κ1) is 11.6. The molecule has 0 atom stereocenters. The smallest absolute Gasteiger partial charge is 0.193 e. The highest BCUT2D eigenvalue weighted by atomic mass is 16.5. The van der Waals surface area contributed by atoms with Crippen molar-refractivity contribution in [2.24, 2.45) is 0 Å². The van der Waals surface area contributed by atoms with Crippen LogP contribution in [-0.4, -0.2) is 29.5 Å². The Kier molecular flexibility index (Phi) is 3.10. The average molecular weight is 256 g/mol. The lowest BCUT2D eigenvalue weighted by atomic mass is 10.1. The first-order valence-electron chi connectivity index (χ1n) is 6.05. The maximum atomic E-state index is 10.7. The second-order valence-corrected chi connectivity index (χ2v) is 4.13. The molecule has 0 N–H and O–H groups in total. The summed E-state index contributed by atoms with van der Waals surface area (Å²) in [4.78, 5) is 18.7. The molecule has 0 saturated heterocycles. The molecule has 0 fully saturated rings. The first-order chi connectivity index (χ1) is 9.36. The summed E-state index contributed by atoms with van der Waals surface area (Å²) in [5, 5.41) is 0. The number of carbonyl (C=O) groups excluding carboxylic acids is 1. The summed E-state index contributed by atoms with van der Waals surface area (Å²) in [6, 6.07) is 7.38. The van der Waals surface area contributed by atoms with Gasteiger partial charge in [0.2, 0.25) is 0 Å². The summed E-state index contributed by atoms with van der Waals surface area (Å²) in [6.07, 6.45) is 3.06. The Morgan fingerprint density at radius 3 is 2.79 bits per heavy atom. The summed E-state index contributed by atoms with van der Waals surface area (Å²) in [7, 11) is 0. The van der Waals surface area contributed by atoms with Gasteiger partial charge in [-0.15, -0.1) is 0 Å².